The van der Waals surface area contributed by atoms with Gasteiger partial charge in [-0.05, 0) is 31.9 Å². The monoisotopic (exact) mass is 299 g/mol. The van der Waals surface area contributed by atoms with Gasteiger partial charge in [-0.1, -0.05) is 6.07 Å². The van der Waals surface area contributed by atoms with Crippen molar-refractivity contribution in [2.75, 3.05) is 23.8 Å². The molecule has 0 amide bonds. The van der Waals surface area contributed by atoms with Crippen molar-refractivity contribution in [3.05, 3.63) is 41.9 Å². The highest BCUT2D eigenvalue weighted by atomic mass is 16.5. The highest BCUT2D eigenvalue weighted by Gasteiger charge is 2.15. The molecule has 0 aliphatic carbocycles. The Morgan fingerprint density at radius 1 is 1.27 bits per heavy atom. The van der Waals surface area contributed by atoms with Crippen molar-refractivity contribution < 1.29 is 4.74 Å². The van der Waals surface area contributed by atoms with Gasteiger partial charge in [-0.2, -0.15) is 4.98 Å². The van der Waals surface area contributed by atoms with E-state index in [1.54, 1.807) is 6.20 Å². The van der Waals surface area contributed by atoms with Gasteiger partial charge in [-0.25, -0.2) is 4.98 Å². The van der Waals surface area contributed by atoms with Crippen molar-refractivity contribution in [3.63, 3.8) is 0 Å². The van der Waals surface area contributed by atoms with E-state index in [9.17, 15) is 0 Å². The fraction of sp³-hybridized carbons (Fsp3) is 0.438. The lowest BCUT2D eigenvalue weighted by molar-refractivity contribution is 0.120. The summed E-state index contributed by atoms with van der Waals surface area (Å²) < 4.78 is 5.61. The number of anilines is 2. The third-order valence-corrected chi connectivity index (χ3v) is 3.54. The maximum atomic E-state index is 5.61. The van der Waals surface area contributed by atoms with Crippen LogP contribution < -0.4 is 10.6 Å². The van der Waals surface area contributed by atoms with Gasteiger partial charge in [0, 0.05) is 31.1 Å². The van der Waals surface area contributed by atoms with Crippen molar-refractivity contribution in [3.8, 4) is 0 Å². The van der Waals surface area contributed by atoms with E-state index in [0.717, 1.165) is 43.2 Å². The first-order valence-electron chi connectivity index (χ1n) is 7.64. The number of aryl methyl sites for hydroxylation is 1. The number of aromatic nitrogens is 3. The molecule has 1 aliphatic rings. The number of pyridine rings is 1. The van der Waals surface area contributed by atoms with Crippen LogP contribution >= 0.6 is 0 Å². The van der Waals surface area contributed by atoms with Crippen LogP contribution in [0.2, 0.25) is 0 Å². The quantitative estimate of drug-likeness (QED) is 0.853. The molecule has 1 fully saturated rings. The van der Waals surface area contributed by atoms with E-state index in [1.807, 2.05) is 31.2 Å². The maximum Gasteiger partial charge on any atom is 0.225 e. The molecule has 0 spiro atoms. The van der Waals surface area contributed by atoms with Gasteiger partial charge in [-0.15, -0.1) is 0 Å². The van der Waals surface area contributed by atoms with Crippen molar-refractivity contribution in [2.24, 2.45) is 0 Å². The van der Waals surface area contributed by atoms with E-state index < -0.39 is 0 Å². The Morgan fingerprint density at radius 2 is 2.23 bits per heavy atom. The lowest BCUT2D eigenvalue weighted by Gasteiger charge is -2.13. The zero-order chi connectivity index (χ0) is 15.2. The summed E-state index contributed by atoms with van der Waals surface area (Å²) in [6, 6.07) is 7.79. The molecule has 22 heavy (non-hydrogen) atoms. The summed E-state index contributed by atoms with van der Waals surface area (Å²) in [5.74, 6) is 1.44. The predicted molar refractivity (Wildman–Crippen MR) is 85.8 cm³/mol. The molecule has 3 heterocycles. The Balaban J connectivity index is 1.59. The first-order chi connectivity index (χ1) is 10.8. The number of ether oxygens (including phenoxy) is 1. The Hall–Kier alpha value is -2.21. The Bertz CT molecular complexity index is 599. The van der Waals surface area contributed by atoms with Gasteiger partial charge in [-0.3, -0.25) is 4.98 Å². The number of nitrogens with one attached hydrogen (secondary N) is 2. The minimum absolute atomic E-state index is 0.292. The topological polar surface area (TPSA) is 72.0 Å². The summed E-state index contributed by atoms with van der Waals surface area (Å²) in [5, 5.41) is 6.55. The zero-order valence-corrected chi connectivity index (χ0v) is 12.7. The molecule has 0 saturated carbocycles. The van der Waals surface area contributed by atoms with Crippen LogP contribution in [0.5, 0.6) is 0 Å². The second-order valence-corrected chi connectivity index (χ2v) is 5.41. The van der Waals surface area contributed by atoms with Crippen LogP contribution in [0, 0.1) is 6.92 Å². The minimum Gasteiger partial charge on any atom is -0.376 e. The largest absolute Gasteiger partial charge is 0.376 e. The molecule has 1 unspecified atom stereocenters. The van der Waals surface area contributed by atoms with Crippen LogP contribution in [0.25, 0.3) is 0 Å². The molecule has 2 N–H and O–H groups in total. The average molecular weight is 299 g/mol. The maximum absolute atomic E-state index is 5.61. The summed E-state index contributed by atoms with van der Waals surface area (Å²) >= 11 is 0. The lowest BCUT2D eigenvalue weighted by Crippen LogP contribution is -2.19. The van der Waals surface area contributed by atoms with Gasteiger partial charge in [0.15, 0.2) is 0 Å². The Kier molecular flexibility index (Phi) is 4.80. The van der Waals surface area contributed by atoms with Crippen molar-refractivity contribution in [1.29, 1.82) is 0 Å². The molecule has 6 heteroatoms. The number of hydrogen-bond donors (Lipinski definition) is 2. The van der Waals surface area contributed by atoms with Gasteiger partial charge in [0.2, 0.25) is 5.95 Å². The molecule has 2 aromatic heterocycles. The van der Waals surface area contributed by atoms with Crippen LogP contribution in [0.15, 0.2) is 30.5 Å². The van der Waals surface area contributed by atoms with Crippen molar-refractivity contribution in [1.82, 2.24) is 15.0 Å². The molecule has 0 bridgehead atoms. The average Bonchev–Trinajstić information content (AvgIpc) is 3.05. The molecular formula is C16H21N5O. The van der Waals surface area contributed by atoms with Gasteiger partial charge in [0.05, 0.1) is 18.3 Å². The third-order valence-electron chi connectivity index (χ3n) is 3.54. The van der Waals surface area contributed by atoms with Gasteiger partial charge in [0.1, 0.15) is 5.82 Å². The van der Waals surface area contributed by atoms with Crippen LogP contribution in [-0.2, 0) is 11.3 Å². The highest BCUT2D eigenvalue weighted by molar-refractivity contribution is 5.42. The van der Waals surface area contributed by atoms with Gasteiger partial charge < -0.3 is 15.4 Å². The van der Waals surface area contributed by atoms with E-state index >= 15 is 0 Å². The van der Waals surface area contributed by atoms with Crippen LogP contribution in [0.1, 0.15) is 24.2 Å². The summed E-state index contributed by atoms with van der Waals surface area (Å²) in [4.78, 5) is 13.2. The van der Waals surface area contributed by atoms with Crippen LogP contribution in [0.4, 0.5) is 11.8 Å². The highest BCUT2D eigenvalue weighted by Crippen LogP contribution is 2.14. The van der Waals surface area contributed by atoms with Gasteiger partial charge >= 0.3 is 0 Å². The fourth-order valence-corrected chi connectivity index (χ4v) is 2.43. The Labute approximate surface area is 130 Å². The number of nitrogens with zero attached hydrogens (tertiary/aromatic N) is 3. The van der Waals surface area contributed by atoms with Crippen LogP contribution in [-0.4, -0.2) is 34.2 Å². The molecule has 0 aromatic carbocycles. The first kappa shape index (κ1) is 14.7. The summed E-state index contributed by atoms with van der Waals surface area (Å²) in [6.45, 7) is 4.22. The van der Waals surface area contributed by atoms with Crippen molar-refractivity contribution in [2.45, 2.75) is 32.4 Å². The van der Waals surface area contributed by atoms with E-state index in [2.05, 4.69) is 25.6 Å². The van der Waals surface area contributed by atoms with E-state index in [-0.39, 0.29) is 0 Å². The fourth-order valence-electron chi connectivity index (χ4n) is 2.43. The van der Waals surface area contributed by atoms with Crippen molar-refractivity contribution >= 4 is 11.8 Å². The molecule has 3 rings (SSSR count). The number of hydrogen-bond acceptors (Lipinski definition) is 6. The second kappa shape index (κ2) is 7.17. The van der Waals surface area contributed by atoms with Crippen LogP contribution in [0.3, 0.4) is 0 Å². The Morgan fingerprint density at radius 3 is 3.00 bits per heavy atom. The first-order valence-corrected chi connectivity index (χ1v) is 7.64. The minimum atomic E-state index is 0.292. The SMILES string of the molecule is Cc1cc(NCC2CCCO2)nc(NCc2ccccn2)n1. The van der Waals surface area contributed by atoms with Gasteiger partial charge in [0.25, 0.3) is 0 Å². The van der Waals surface area contributed by atoms with E-state index in [1.165, 1.54) is 0 Å². The summed E-state index contributed by atoms with van der Waals surface area (Å²) in [7, 11) is 0. The smallest absolute Gasteiger partial charge is 0.225 e. The zero-order valence-electron chi connectivity index (χ0n) is 12.7. The third kappa shape index (κ3) is 4.14. The molecule has 6 nitrogen and oxygen atoms in total. The lowest BCUT2D eigenvalue weighted by atomic mass is 10.2. The normalized spacial score (nSPS) is 17.4. The van der Waals surface area contributed by atoms with E-state index in [0.29, 0.717) is 18.6 Å². The summed E-state index contributed by atoms with van der Waals surface area (Å²) in [6.07, 6.45) is 4.33. The molecule has 1 saturated heterocycles. The molecule has 1 aliphatic heterocycles. The predicted octanol–water partition coefficient (Wildman–Crippen LogP) is 2.38. The molecule has 116 valence electrons. The standard InChI is InChI=1S/C16H21N5O/c1-12-9-15(18-11-14-6-4-8-22-14)21-16(20-12)19-10-13-5-2-3-7-17-13/h2-3,5,7,9,14H,4,6,8,10-11H2,1H3,(H2,18,19,20,21). The second-order valence-electron chi connectivity index (χ2n) is 5.41. The molecule has 0 radical (unpaired) electrons. The number of rotatable bonds is 6. The molecular weight excluding hydrogens is 278 g/mol. The summed E-state index contributed by atoms with van der Waals surface area (Å²) in [5.41, 5.74) is 1.88. The molecule has 1 atom stereocenters. The molecule has 2 aromatic rings. The van der Waals surface area contributed by atoms with E-state index in [4.69, 9.17) is 4.74 Å².